The van der Waals surface area contributed by atoms with E-state index in [9.17, 15) is 0 Å². The van der Waals surface area contributed by atoms with Crippen molar-refractivity contribution in [1.29, 1.82) is 0 Å². The van der Waals surface area contributed by atoms with E-state index in [0.717, 1.165) is 0 Å². The molecular weight excluding hydrogens is 543 g/mol. The molecule has 0 heterocycles. The van der Waals surface area contributed by atoms with E-state index in [2.05, 4.69) is 168 Å². The number of benzene rings is 4. The topological polar surface area (TPSA) is 40.5 Å². The summed E-state index contributed by atoms with van der Waals surface area (Å²) in [5.74, 6) is 0. The minimum Gasteiger partial charge on any atom is -0.352 e. The van der Waals surface area contributed by atoms with E-state index in [1.54, 1.807) is 0 Å². The first kappa shape index (κ1) is 34.7. The zero-order chi connectivity index (χ0) is 32.4. The van der Waals surface area contributed by atoms with Crippen LogP contribution in [0.25, 0.3) is 33.4 Å². The van der Waals surface area contributed by atoms with Crippen LogP contribution in [-0.2, 0) is 21.7 Å². The monoisotopic (exact) mass is 596 g/mol. The van der Waals surface area contributed by atoms with Gasteiger partial charge in [-0.2, -0.15) is 0 Å². The highest BCUT2D eigenvalue weighted by Crippen LogP contribution is 2.49. The van der Waals surface area contributed by atoms with Crippen LogP contribution in [0.5, 0.6) is 0 Å². The Labute approximate surface area is 263 Å². The van der Waals surface area contributed by atoms with Gasteiger partial charge in [-0.15, -0.1) is 0 Å². The summed E-state index contributed by atoms with van der Waals surface area (Å²) in [6, 6.07) is 31.8. The fourth-order valence-corrected chi connectivity index (χ4v) is 6.33. The van der Waals surface area contributed by atoms with Gasteiger partial charge in [0.15, 0.2) is 0 Å². The fourth-order valence-electron chi connectivity index (χ4n) is 6.33. The lowest BCUT2D eigenvalue weighted by atomic mass is 9.69. The zero-order valence-corrected chi connectivity index (χ0v) is 29.5. The smallest absolute Gasteiger partial charge is 0.149 e. The maximum Gasteiger partial charge on any atom is 0.149 e. The van der Waals surface area contributed by atoms with Crippen LogP contribution in [0.4, 0.5) is 0 Å². The molecule has 4 aromatic carbocycles. The Morgan fingerprint density at radius 2 is 0.767 bits per heavy atom. The van der Waals surface area contributed by atoms with Crippen LogP contribution in [-0.4, -0.2) is 9.79 Å². The van der Waals surface area contributed by atoms with Gasteiger partial charge in [0, 0.05) is 0 Å². The molecule has 2 N–H and O–H groups in total. The quantitative estimate of drug-likeness (QED) is 0.231. The standard InChI is InChI=1S/C40H50.H3O2P/c1-37(2,3)32-25-17-23-30(35(32)39(7,8)9)29-22-16-21-28(27-19-14-13-15-20-27)34(29)31-24-18-26-33(38(4,5)6)36(31)40(10,11)12;1-3-2/h13-26H,1-12H3;1-3H. The van der Waals surface area contributed by atoms with Crippen molar-refractivity contribution in [1.82, 2.24) is 0 Å². The van der Waals surface area contributed by atoms with E-state index >= 15 is 0 Å². The van der Waals surface area contributed by atoms with Crippen molar-refractivity contribution >= 4 is 9.03 Å². The number of rotatable bonds is 3. The third-order valence-electron chi connectivity index (χ3n) is 7.95. The Morgan fingerprint density at radius 1 is 0.395 bits per heavy atom. The second-order valence-corrected chi connectivity index (χ2v) is 15.9. The summed E-state index contributed by atoms with van der Waals surface area (Å²) >= 11 is 0. The first-order valence-corrected chi connectivity index (χ1v) is 16.2. The Morgan fingerprint density at radius 3 is 1.21 bits per heavy atom. The molecule has 0 amide bonds. The van der Waals surface area contributed by atoms with E-state index < -0.39 is 9.03 Å². The summed E-state index contributed by atoms with van der Waals surface area (Å²) in [6.45, 7) is 28.2. The van der Waals surface area contributed by atoms with Crippen molar-refractivity contribution in [3.05, 3.63) is 107 Å². The van der Waals surface area contributed by atoms with Gasteiger partial charge in [0.05, 0.1) is 0 Å². The molecule has 0 spiro atoms. The molecule has 230 valence electrons. The number of hydrogen-bond acceptors (Lipinski definition) is 2. The molecule has 3 heteroatoms. The van der Waals surface area contributed by atoms with Crippen molar-refractivity contribution in [2.45, 2.75) is 105 Å². The second kappa shape index (κ2) is 13.1. The summed E-state index contributed by atoms with van der Waals surface area (Å²) in [5, 5.41) is 0. The van der Waals surface area contributed by atoms with Gasteiger partial charge >= 0.3 is 0 Å². The summed E-state index contributed by atoms with van der Waals surface area (Å²) < 4.78 is 0. The average Bonchev–Trinajstić information content (AvgIpc) is 2.91. The first-order chi connectivity index (χ1) is 19.8. The van der Waals surface area contributed by atoms with Gasteiger partial charge in [0.25, 0.3) is 0 Å². The van der Waals surface area contributed by atoms with Crippen LogP contribution >= 0.6 is 9.03 Å². The fraction of sp³-hybridized carbons (Fsp3) is 0.400. The molecule has 0 unspecified atom stereocenters. The molecule has 0 radical (unpaired) electrons. The third kappa shape index (κ3) is 7.85. The maximum absolute atomic E-state index is 7.15. The number of hydrogen-bond donors (Lipinski definition) is 2. The first-order valence-electron chi connectivity index (χ1n) is 15.3. The lowest BCUT2D eigenvalue weighted by Crippen LogP contribution is -2.24. The Hall–Kier alpha value is -2.77. The SMILES string of the molecule is CC(C)(C)c1cccc(-c2cccc(-c3ccccc3)c2-c2cccc(C(C)(C)C)c2C(C)(C)C)c1C(C)(C)C.OPO. The Bertz CT molecular complexity index is 1520. The van der Waals surface area contributed by atoms with Gasteiger partial charge in [0.2, 0.25) is 0 Å². The summed E-state index contributed by atoms with van der Waals surface area (Å²) in [6.07, 6.45) is 0. The van der Waals surface area contributed by atoms with E-state index in [1.165, 1.54) is 55.6 Å². The van der Waals surface area contributed by atoms with E-state index in [-0.39, 0.29) is 21.7 Å². The molecule has 0 saturated heterocycles. The molecule has 0 aliphatic rings. The maximum atomic E-state index is 7.15. The second-order valence-electron chi connectivity index (χ2n) is 15.7. The predicted molar refractivity (Wildman–Crippen MR) is 190 cm³/mol. The molecular formula is C40H53O2P. The molecule has 0 aliphatic heterocycles. The van der Waals surface area contributed by atoms with Gasteiger partial charge in [-0.1, -0.05) is 168 Å². The third-order valence-corrected chi connectivity index (χ3v) is 7.95. The molecule has 4 aromatic rings. The van der Waals surface area contributed by atoms with Crippen molar-refractivity contribution in [3.63, 3.8) is 0 Å². The molecule has 0 aliphatic carbocycles. The van der Waals surface area contributed by atoms with Crippen LogP contribution in [0.3, 0.4) is 0 Å². The van der Waals surface area contributed by atoms with Gasteiger partial charge < -0.3 is 9.79 Å². The lowest BCUT2D eigenvalue weighted by Gasteiger charge is -2.35. The van der Waals surface area contributed by atoms with Crippen LogP contribution in [0.2, 0.25) is 0 Å². The molecule has 0 aromatic heterocycles. The minimum absolute atomic E-state index is 0.0145. The van der Waals surface area contributed by atoms with Crippen LogP contribution in [0.1, 0.15) is 105 Å². The molecule has 0 saturated carbocycles. The lowest BCUT2D eigenvalue weighted by molar-refractivity contribution is 0.513. The highest BCUT2D eigenvalue weighted by Gasteiger charge is 2.32. The zero-order valence-electron chi connectivity index (χ0n) is 28.5. The van der Waals surface area contributed by atoms with Crippen molar-refractivity contribution < 1.29 is 9.79 Å². The molecule has 4 rings (SSSR count). The molecule has 0 fully saturated rings. The highest BCUT2D eigenvalue weighted by atomic mass is 31.1. The predicted octanol–water partition coefficient (Wildman–Crippen LogP) is 11.4. The van der Waals surface area contributed by atoms with Crippen molar-refractivity contribution in [3.8, 4) is 33.4 Å². The molecule has 2 nitrogen and oxygen atoms in total. The van der Waals surface area contributed by atoms with Gasteiger partial charge in [-0.3, -0.25) is 0 Å². The van der Waals surface area contributed by atoms with Gasteiger partial charge in [-0.05, 0) is 77.3 Å². The normalized spacial score (nSPS) is 12.5. The summed E-state index contributed by atoms with van der Waals surface area (Å²) in [5.41, 5.74) is 13.6. The van der Waals surface area contributed by atoms with E-state index in [4.69, 9.17) is 9.79 Å². The van der Waals surface area contributed by atoms with Crippen LogP contribution < -0.4 is 0 Å². The Kier molecular flexibility index (Phi) is 10.6. The van der Waals surface area contributed by atoms with Crippen molar-refractivity contribution in [2.24, 2.45) is 0 Å². The van der Waals surface area contributed by atoms with Crippen LogP contribution in [0.15, 0.2) is 84.9 Å². The highest BCUT2D eigenvalue weighted by molar-refractivity contribution is 7.23. The van der Waals surface area contributed by atoms with E-state index in [0.29, 0.717) is 0 Å². The van der Waals surface area contributed by atoms with Gasteiger partial charge in [-0.25, -0.2) is 0 Å². The molecule has 43 heavy (non-hydrogen) atoms. The van der Waals surface area contributed by atoms with E-state index in [1.807, 2.05) is 0 Å². The summed E-state index contributed by atoms with van der Waals surface area (Å²) in [4.78, 5) is 14.3. The molecule has 0 bridgehead atoms. The van der Waals surface area contributed by atoms with Crippen molar-refractivity contribution in [2.75, 3.05) is 0 Å². The van der Waals surface area contributed by atoms with Gasteiger partial charge in [0.1, 0.15) is 9.03 Å². The van der Waals surface area contributed by atoms with Crippen LogP contribution in [0, 0.1) is 0 Å². The minimum atomic E-state index is -0.917. The molecule has 0 atom stereocenters. The summed E-state index contributed by atoms with van der Waals surface area (Å²) in [7, 11) is -0.917. The Balaban J connectivity index is 0.00000162. The average molecular weight is 597 g/mol. The largest absolute Gasteiger partial charge is 0.352 e.